The van der Waals surface area contributed by atoms with Gasteiger partial charge in [0.2, 0.25) is 5.89 Å². The Morgan fingerprint density at radius 2 is 1.76 bits per heavy atom. The number of nitrogens with zero attached hydrogens (tertiary/aromatic N) is 1. The molecule has 0 aliphatic heterocycles. The SMILES string of the molecule is O=C(NCc1coc(-c2ccccc2)n1)NCc1cccc(F)c1F. The van der Waals surface area contributed by atoms with Gasteiger partial charge in [0.05, 0.1) is 12.2 Å². The average molecular weight is 343 g/mol. The van der Waals surface area contributed by atoms with E-state index in [2.05, 4.69) is 15.6 Å². The van der Waals surface area contributed by atoms with Gasteiger partial charge in [-0.1, -0.05) is 30.3 Å². The van der Waals surface area contributed by atoms with Gasteiger partial charge in [-0.15, -0.1) is 0 Å². The van der Waals surface area contributed by atoms with Crippen LogP contribution in [0.5, 0.6) is 0 Å². The predicted molar refractivity (Wildman–Crippen MR) is 87.4 cm³/mol. The molecule has 0 radical (unpaired) electrons. The Bertz CT molecular complexity index is 866. The first-order chi connectivity index (χ1) is 12.1. The molecule has 1 heterocycles. The quantitative estimate of drug-likeness (QED) is 0.743. The lowest BCUT2D eigenvalue weighted by Crippen LogP contribution is -2.34. The fourth-order valence-electron chi connectivity index (χ4n) is 2.20. The molecule has 7 heteroatoms. The second-order valence-corrected chi connectivity index (χ2v) is 5.26. The summed E-state index contributed by atoms with van der Waals surface area (Å²) >= 11 is 0. The first-order valence-electron chi connectivity index (χ1n) is 7.58. The van der Waals surface area contributed by atoms with Crippen LogP contribution in [0.4, 0.5) is 13.6 Å². The molecule has 2 amide bonds. The minimum Gasteiger partial charge on any atom is -0.444 e. The standard InChI is InChI=1S/C18H15F2N3O2/c19-15-8-4-7-13(16(15)20)9-21-18(24)22-10-14-11-25-17(23-14)12-5-2-1-3-6-12/h1-8,11H,9-10H2,(H2,21,22,24). The third-order valence-corrected chi connectivity index (χ3v) is 3.47. The van der Waals surface area contributed by atoms with Crippen molar-refractivity contribution in [2.45, 2.75) is 13.1 Å². The van der Waals surface area contributed by atoms with E-state index in [-0.39, 0.29) is 18.7 Å². The van der Waals surface area contributed by atoms with Crippen molar-refractivity contribution in [3.63, 3.8) is 0 Å². The molecule has 0 fully saturated rings. The molecule has 2 aromatic carbocycles. The smallest absolute Gasteiger partial charge is 0.315 e. The lowest BCUT2D eigenvalue weighted by Gasteiger charge is -2.07. The number of carbonyl (C=O) groups excluding carboxylic acids is 1. The third kappa shape index (κ3) is 4.20. The number of rotatable bonds is 5. The molecule has 25 heavy (non-hydrogen) atoms. The monoisotopic (exact) mass is 343 g/mol. The van der Waals surface area contributed by atoms with Crippen molar-refractivity contribution in [3.05, 3.63) is 77.7 Å². The van der Waals surface area contributed by atoms with Crippen LogP contribution < -0.4 is 10.6 Å². The number of urea groups is 1. The van der Waals surface area contributed by atoms with E-state index in [9.17, 15) is 13.6 Å². The van der Waals surface area contributed by atoms with Crippen LogP contribution in [0.3, 0.4) is 0 Å². The Hall–Kier alpha value is -3.22. The van der Waals surface area contributed by atoms with E-state index >= 15 is 0 Å². The van der Waals surface area contributed by atoms with Crippen LogP contribution in [0.1, 0.15) is 11.3 Å². The topological polar surface area (TPSA) is 67.2 Å². The zero-order valence-corrected chi connectivity index (χ0v) is 13.1. The Labute approximate surface area is 142 Å². The van der Waals surface area contributed by atoms with Crippen LogP contribution in [-0.4, -0.2) is 11.0 Å². The zero-order chi connectivity index (χ0) is 17.6. The van der Waals surface area contributed by atoms with Crippen molar-refractivity contribution in [2.75, 3.05) is 0 Å². The maximum absolute atomic E-state index is 13.5. The number of nitrogens with one attached hydrogen (secondary N) is 2. The molecule has 128 valence electrons. The van der Waals surface area contributed by atoms with E-state index in [1.165, 1.54) is 18.4 Å². The molecule has 0 aliphatic carbocycles. The highest BCUT2D eigenvalue weighted by atomic mass is 19.2. The summed E-state index contributed by atoms with van der Waals surface area (Å²) in [5, 5.41) is 5.04. The van der Waals surface area contributed by atoms with Crippen LogP contribution in [0, 0.1) is 11.6 Å². The first kappa shape index (κ1) is 16.6. The molecular weight excluding hydrogens is 328 g/mol. The van der Waals surface area contributed by atoms with Crippen molar-refractivity contribution >= 4 is 6.03 Å². The van der Waals surface area contributed by atoms with E-state index in [4.69, 9.17) is 4.42 Å². The maximum atomic E-state index is 13.5. The van der Waals surface area contributed by atoms with Crippen molar-refractivity contribution in [2.24, 2.45) is 0 Å². The molecule has 5 nitrogen and oxygen atoms in total. The highest BCUT2D eigenvalue weighted by Gasteiger charge is 2.10. The van der Waals surface area contributed by atoms with Crippen molar-refractivity contribution in [3.8, 4) is 11.5 Å². The number of hydrogen-bond acceptors (Lipinski definition) is 3. The highest BCUT2D eigenvalue weighted by Crippen LogP contribution is 2.17. The molecule has 0 bridgehead atoms. The summed E-state index contributed by atoms with van der Waals surface area (Å²) in [5.74, 6) is -1.46. The van der Waals surface area contributed by atoms with Crippen molar-refractivity contribution < 1.29 is 18.0 Å². The number of benzene rings is 2. The van der Waals surface area contributed by atoms with Crippen LogP contribution in [0.15, 0.2) is 59.2 Å². The fraction of sp³-hybridized carbons (Fsp3) is 0.111. The molecule has 1 aromatic heterocycles. The van der Waals surface area contributed by atoms with Gasteiger partial charge in [0.1, 0.15) is 6.26 Å². The number of carbonyl (C=O) groups is 1. The van der Waals surface area contributed by atoms with Gasteiger partial charge in [0.25, 0.3) is 0 Å². The van der Waals surface area contributed by atoms with Gasteiger partial charge in [-0.05, 0) is 18.2 Å². The van der Waals surface area contributed by atoms with E-state index in [0.717, 1.165) is 11.6 Å². The molecule has 0 saturated carbocycles. The van der Waals surface area contributed by atoms with E-state index in [1.807, 2.05) is 30.3 Å². The molecule has 3 rings (SSSR count). The van der Waals surface area contributed by atoms with Crippen LogP contribution >= 0.6 is 0 Å². The summed E-state index contributed by atoms with van der Waals surface area (Å²) in [4.78, 5) is 16.0. The minimum atomic E-state index is -0.966. The van der Waals surface area contributed by atoms with Gasteiger partial charge >= 0.3 is 6.03 Å². The highest BCUT2D eigenvalue weighted by molar-refractivity contribution is 5.73. The first-order valence-corrected chi connectivity index (χ1v) is 7.58. The number of hydrogen-bond donors (Lipinski definition) is 2. The van der Waals surface area contributed by atoms with Gasteiger partial charge in [0.15, 0.2) is 11.6 Å². The van der Waals surface area contributed by atoms with Crippen LogP contribution in [0.2, 0.25) is 0 Å². The Balaban J connectivity index is 1.51. The van der Waals surface area contributed by atoms with Crippen molar-refractivity contribution in [1.29, 1.82) is 0 Å². The predicted octanol–water partition coefficient (Wildman–Crippen LogP) is 3.62. The van der Waals surface area contributed by atoms with Crippen LogP contribution in [0.25, 0.3) is 11.5 Å². The molecule has 0 atom stereocenters. The Morgan fingerprint density at radius 3 is 2.56 bits per heavy atom. The normalized spacial score (nSPS) is 10.5. The molecule has 0 saturated heterocycles. The summed E-state index contributed by atoms with van der Waals surface area (Å²) in [6, 6.07) is 12.7. The molecule has 3 aromatic rings. The molecule has 2 N–H and O–H groups in total. The third-order valence-electron chi connectivity index (χ3n) is 3.47. The second-order valence-electron chi connectivity index (χ2n) is 5.26. The van der Waals surface area contributed by atoms with Crippen molar-refractivity contribution in [1.82, 2.24) is 15.6 Å². The lowest BCUT2D eigenvalue weighted by molar-refractivity contribution is 0.240. The molecule has 0 aliphatic rings. The van der Waals surface area contributed by atoms with Gasteiger partial charge in [0, 0.05) is 17.7 Å². The summed E-state index contributed by atoms with van der Waals surface area (Å²) in [6.07, 6.45) is 1.45. The van der Waals surface area contributed by atoms with Gasteiger partial charge in [-0.3, -0.25) is 0 Å². The summed E-state index contributed by atoms with van der Waals surface area (Å²) in [5.41, 5.74) is 1.45. The maximum Gasteiger partial charge on any atom is 0.315 e. The van der Waals surface area contributed by atoms with E-state index in [0.29, 0.717) is 11.6 Å². The molecule has 0 unspecified atom stereocenters. The lowest BCUT2D eigenvalue weighted by atomic mass is 10.2. The Kier molecular flexibility index (Phi) is 5.03. The van der Waals surface area contributed by atoms with Crippen LogP contribution in [-0.2, 0) is 13.1 Å². The number of halogens is 2. The van der Waals surface area contributed by atoms with Gasteiger partial charge in [-0.2, -0.15) is 0 Å². The van der Waals surface area contributed by atoms with Gasteiger partial charge in [-0.25, -0.2) is 18.6 Å². The van der Waals surface area contributed by atoms with E-state index < -0.39 is 17.7 Å². The van der Waals surface area contributed by atoms with E-state index in [1.54, 1.807) is 0 Å². The van der Waals surface area contributed by atoms with Gasteiger partial charge < -0.3 is 15.1 Å². The number of amides is 2. The second kappa shape index (κ2) is 7.57. The average Bonchev–Trinajstić information content (AvgIpc) is 3.11. The largest absolute Gasteiger partial charge is 0.444 e. The summed E-state index contributed by atoms with van der Waals surface area (Å²) < 4.78 is 32.0. The summed E-state index contributed by atoms with van der Waals surface area (Å²) in [7, 11) is 0. The zero-order valence-electron chi connectivity index (χ0n) is 13.1. The molecular formula is C18H15F2N3O2. The number of oxazole rings is 1. The minimum absolute atomic E-state index is 0.0722. The fourth-order valence-corrected chi connectivity index (χ4v) is 2.20. The Morgan fingerprint density at radius 1 is 1.00 bits per heavy atom. The number of aromatic nitrogens is 1. The molecule has 0 spiro atoms. The summed E-state index contributed by atoms with van der Waals surface area (Å²) in [6.45, 7) is 0.0251.